The van der Waals surface area contributed by atoms with Crippen molar-refractivity contribution in [1.29, 1.82) is 0 Å². The maximum absolute atomic E-state index is 13.1. The number of hydrogen-bond acceptors (Lipinski definition) is 7. The van der Waals surface area contributed by atoms with Gasteiger partial charge in [-0.05, 0) is 70.6 Å². The summed E-state index contributed by atoms with van der Waals surface area (Å²) in [5, 5.41) is 13.4. The summed E-state index contributed by atoms with van der Waals surface area (Å²) in [6.45, 7) is 13.2. The first-order valence-electron chi connectivity index (χ1n) is 23.9. The van der Waals surface area contributed by atoms with Crippen LogP contribution in [0.3, 0.4) is 0 Å². The molecule has 1 rings (SSSR count). The normalized spacial score (nSPS) is 16.4. The van der Waals surface area contributed by atoms with Crippen LogP contribution in [-0.4, -0.2) is 73.5 Å². The second kappa shape index (κ2) is 37.4. The molecule has 2 N–H and O–H groups in total. The number of hydrogen-bond donors (Lipinski definition) is 2. The Morgan fingerprint density at radius 2 is 0.870 bits per heavy atom. The third-order valence-corrected chi connectivity index (χ3v) is 11.7. The van der Waals surface area contributed by atoms with E-state index in [4.69, 9.17) is 9.47 Å². The first-order chi connectivity index (χ1) is 26.5. The molecule has 0 aromatic heterocycles. The van der Waals surface area contributed by atoms with Gasteiger partial charge in [0.15, 0.2) is 0 Å². The van der Waals surface area contributed by atoms with Crippen LogP contribution in [0.4, 0.5) is 0 Å². The van der Waals surface area contributed by atoms with Crippen LogP contribution in [0.1, 0.15) is 227 Å². The highest BCUT2D eigenvalue weighted by molar-refractivity contribution is 5.72. The number of unbranched alkanes of at least 4 members (excludes halogenated alkanes) is 18. The summed E-state index contributed by atoms with van der Waals surface area (Å²) in [7, 11) is 0. The molecule has 54 heavy (non-hydrogen) atoms. The minimum absolute atomic E-state index is 0.0398. The van der Waals surface area contributed by atoms with E-state index >= 15 is 0 Å². The van der Waals surface area contributed by atoms with E-state index in [0.29, 0.717) is 25.3 Å². The highest BCUT2D eigenvalue weighted by Crippen LogP contribution is 2.23. The summed E-state index contributed by atoms with van der Waals surface area (Å²) in [5.41, 5.74) is 0. The molecule has 0 aliphatic carbocycles. The molecule has 0 radical (unpaired) electrons. The number of esters is 2. The third-order valence-electron chi connectivity index (χ3n) is 11.7. The zero-order valence-corrected chi connectivity index (χ0v) is 36.5. The minimum atomic E-state index is 0.0398. The fourth-order valence-electron chi connectivity index (χ4n) is 8.27. The topological polar surface area (TPSA) is 88.1 Å². The number of nitrogens with zero attached hydrogens (tertiary/aromatic N) is 1. The van der Waals surface area contributed by atoms with E-state index in [1.807, 2.05) is 0 Å². The Morgan fingerprint density at radius 1 is 0.519 bits per heavy atom. The lowest BCUT2D eigenvalue weighted by Gasteiger charge is -2.39. The van der Waals surface area contributed by atoms with Crippen LogP contribution in [0.25, 0.3) is 0 Å². The van der Waals surface area contributed by atoms with Crippen molar-refractivity contribution in [2.45, 2.75) is 239 Å². The van der Waals surface area contributed by atoms with Crippen LogP contribution < -0.4 is 5.32 Å². The number of nitrogens with one attached hydrogen (secondary N) is 1. The smallest absolute Gasteiger partial charge is 0.308 e. The van der Waals surface area contributed by atoms with Gasteiger partial charge in [-0.2, -0.15) is 0 Å². The number of rotatable bonds is 39. The molecule has 7 nitrogen and oxygen atoms in total. The highest BCUT2D eigenvalue weighted by atomic mass is 16.5. The van der Waals surface area contributed by atoms with Crippen molar-refractivity contribution in [3.8, 4) is 0 Å². The predicted octanol–water partition coefficient (Wildman–Crippen LogP) is 12.1. The van der Waals surface area contributed by atoms with Gasteiger partial charge in [-0.1, -0.05) is 156 Å². The monoisotopic (exact) mass is 765 g/mol. The van der Waals surface area contributed by atoms with Crippen molar-refractivity contribution in [3.05, 3.63) is 0 Å². The number of aliphatic hydroxyl groups excluding tert-OH is 1. The fourth-order valence-corrected chi connectivity index (χ4v) is 8.27. The molecule has 320 valence electrons. The van der Waals surface area contributed by atoms with Gasteiger partial charge in [-0.25, -0.2) is 0 Å². The zero-order valence-electron chi connectivity index (χ0n) is 36.5. The second-order valence-electron chi connectivity index (χ2n) is 16.9. The molecule has 1 aliphatic heterocycles. The summed E-state index contributed by atoms with van der Waals surface area (Å²) in [4.78, 5) is 28.7. The number of carbonyl (C=O) groups is 2. The lowest BCUT2D eigenvalue weighted by Crippen LogP contribution is -2.56. The van der Waals surface area contributed by atoms with E-state index in [1.165, 1.54) is 103 Å². The van der Waals surface area contributed by atoms with Gasteiger partial charge in [0.25, 0.3) is 0 Å². The highest BCUT2D eigenvalue weighted by Gasteiger charge is 2.26. The Labute approximate surface area is 335 Å². The van der Waals surface area contributed by atoms with Crippen molar-refractivity contribution in [2.75, 3.05) is 39.5 Å². The maximum atomic E-state index is 13.1. The molecule has 1 saturated heterocycles. The van der Waals surface area contributed by atoms with Gasteiger partial charge in [-0.3, -0.25) is 9.59 Å². The predicted molar refractivity (Wildman–Crippen MR) is 229 cm³/mol. The van der Waals surface area contributed by atoms with Gasteiger partial charge in [0.1, 0.15) is 0 Å². The molecule has 0 aromatic rings. The van der Waals surface area contributed by atoms with E-state index in [-0.39, 0.29) is 30.4 Å². The van der Waals surface area contributed by atoms with Crippen molar-refractivity contribution >= 4 is 11.9 Å². The molecule has 2 unspecified atom stereocenters. The lowest BCUT2D eigenvalue weighted by molar-refractivity contribution is -0.150. The third kappa shape index (κ3) is 28.3. The van der Waals surface area contributed by atoms with E-state index in [2.05, 4.69) is 37.9 Å². The molecule has 1 heterocycles. The van der Waals surface area contributed by atoms with E-state index in [1.54, 1.807) is 0 Å². The molecule has 2 atom stereocenters. The quantitative estimate of drug-likeness (QED) is 0.0476. The van der Waals surface area contributed by atoms with Crippen LogP contribution in [-0.2, 0) is 19.1 Å². The van der Waals surface area contributed by atoms with E-state index in [0.717, 1.165) is 116 Å². The Morgan fingerprint density at radius 3 is 1.20 bits per heavy atom. The maximum Gasteiger partial charge on any atom is 0.308 e. The molecule has 0 saturated carbocycles. The van der Waals surface area contributed by atoms with Gasteiger partial charge in [-0.15, -0.1) is 0 Å². The van der Waals surface area contributed by atoms with Crippen LogP contribution in [0, 0.1) is 11.8 Å². The summed E-state index contributed by atoms with van der Waals surface area (Å²) in [5.74, 6) is 0.218. The first-order valence-corrected chi connectivity index (χ1v) is 23.9. The van der Waals surface area contributed by atoms with Crippen LogP contribution >= 0.6 is 0 Å². The number of carbonyl (C=O) groups excluding carboxylic acids is 2. The lowest BCUT2D eigenvalue weighted by atomic mass is 9.94. The molecule has 0 aromatic carbocycles. The number of ether oxygens (including phenoxy) is 2. The van der Waals surface area contributed by atoms with Crippen LogP contribution in [0.5, 0.6) is 0 Å². The summed E-state index contributed by atoms with van der Waals surface area (Å²) in [6.07, 6.45) is 35.5. The Bertz CT molecular complexity index is 751. The van der Waals surface area contributed by atoms with Gasteiger partial charge >= 0.3 is 11.9 Å². The second-order valence-corrected chi connectivity index (χ2v) is 16.9. The molecule has 1 fully saturated rings. The zero-order chi connectivity index (χ0) is 39.3. The Kier molecular flexibility index (Phi) is 35.2. The average molecular weight is 765 g/mol. The fraction of sp³-hybridized carbons (Fsp3) is 0.957. The number of aliphatic hydroxyl groups is 1. The number of piperazine rings is 1. The summed E-state index contributed by atoms with van der Waals surface area (Å²) < 4.78 is 11.8. The van der Waals surface area contributed by atoms with Gasteiger partial charge in [0, 0.05) is 38.3 Å². The standard InChI is InChI=1S/C47H92N2O5/c1-5-9-13-17-21-30-42(31-22-18-14-10-6-2)46(51)53-38-27-25-34-44-40-49(36-29-37-50)41-45(48-44)35-26-28-39-54-47(52)43(32-23-19-15-11-7-3)33-24-20-16-12-8-4/h42-45,48,50H,5-41H2,1-4H3. The Balaban J connectivity index is 2.47. The van der Waals surface area contributed by atoms with E-state index < -0.39 is 0 Å². The summed E-state index contributed by atoms with van der Waals surface area (Å²) in [6, 6.07) is 0.816. The van der Waals surface area contributed by atoms with Crippen LogP contribution in [0.2, 0.25) is 0 Å². The molecule has 0 spiro atoms. The van der Waals surface area contributed by atoms with Gasteiger partial charge in [0.05, 0.1) is 25.0 Å². The van der Waals surface area contributed by atoms with Gasteiger partial charge < -0.3 is 24.8 Å². The minimum Gasteiger partial charge on any atom is -0.465 e. The van der Waals surface area contributed by atoms with Crippen molar-refractivity contribution < 1.29 is 24.2 Å². The molecule has 7 heteroatoms. The van der Waals surface area contributed by atoms with Gasteiger partial charge in [0.2, 0.25) is 0 Å². The van der Waals surface area contributed by atoms with Crippen molar-refractivity contribution in [1.82, 2.24) is 10.2 Å². The first kappa shape index (κ1) is 50.8. The summed E-state index contributed by atoms with van der Waals surface area (Å²) >= 11 is 0. The van der Waals surface area contributed by atoms with Crippen LogP contribution in [0.15, 0.2) is 0 Å². The molecular formula is C47H92N2O5. The molecule has 0 bridgehead atoms. The van der Waals surface area contributed by atoms with Crippen molar-refractivity contribution in [2.24, 2.45) is 11.8 Å². The van der Waals surface area contributed by atoms with E-state index in [9.17, 15) is 14.7 Å². The average Bonchev–Trinajstić information content (AvgIpc) is 3.17. The SMILES string of the molecule is CCCCCCCC(CCCCCCC)C(=O)OCCCCC1CN(CCCO)CC(CCCCOC(=O)C(CCCCCCC)CCCCCCC)N1. The molecular weight excluding hydrogens is 673 g/mol. The molecule has 0 amide bonds. The van der Waals surface area contributed by atoms with Crippen molar-refractivity contribution in [3.63, 3.8) is 0 Å². The largest absolute Gasteiger partial charge is 0.465 e. The molecule has 1 aliphatic rings. The Hall–Kier alpha value is -1.18.